The van der Waals surface area contributed by atoms with Crippen LogP contribution >= 0.6 is 34.9 Å². The molecule has 4 nitrogen and oxygen atoms in total. The molecule has 21 heavy (non-hydrogen) atoms. The van der Waals surface area contributed by atoms with Gasteiger partial charge in [-0.1, -0.05) is 46.5 Å². The molecule has 1 aromatic rings. The number of allylic oxidation sites excluding steroid dienone is 1. The third-order valence-electron chi connectivity index (χ3n) is 3.34. The molecule has 1 aliphatic carbocycles. The van der Waals surface area contributed by atoms with E-state index in [4.69, 9.17) is 0 Å². The van der Waals surface area contributed by atoms with E-state index in [0.29, 0.717) is 0 Å². The lowest BCUT2D eigenvalue weighted by Crippen LogP contribution is -2.31. The summed E-state index contributed by atoms with van der Waals surface area (Å²) in [5.74, 6) is 0.0808. The van der Waals surface area contributed by atoms with Crippen LogP contribution in [0.1, 0.15) is 39.0 Å². The number of carbonyl (C=O) groups is 1. The molecule has 0 bridgehead atoms. The van der Waals surface area contributed by atoms with Crippen LogP contribution in [0.3, 0.4) is 0 Å². The molecule has 0 saturated carbocycles. The van der Waals surface area contributed by atoms with Crippen LogP contribution in [0.25, 0.3) is 0 Å². The van der Waals surface area contributed by atoms with Crippen molar-refractivity contribution in [2.24, 2.45) is 0 Å². The van der Waals surface area contributed by atoms with Crippen LogP contribution in [0.5, 0.6) is 0 Å². The maximum Gasteiger partial charge on any atom is 0.233 e. The van der Waals surface area contributed by atoms with Crippen molar-refractivity contribution in [1.29, 1.82) is 0 Å². The predicted molar refractivity (Wildman–Crippen MR) is 91.2 cm³/mol. The summed E-state index contributed by atoms with van der Waals surface area (Å²) in [5, 5.41) is 11.0. The molecule has 7 heteroatoms. The summed E-state index contributed by atoms with van der Waals surface area (Å²) >= 11 is 4.60. The van der Waals surface area contributed by atoms with Crippen LogP contribution in [0.15, 0.2) is 20.3 Å². The number of aromatic nitrogens is 2. The maximum atomic E-state index is 12.1. The van der Waals surface area contributed by atoms with Crippen molar-refractivity contribution in [2.45, 2.75) is 53.0 Å². The lowest BCUT2D eigenvalue weighted by molar-refractivity contribution is -0.120. The first kappa shape index (κ1) is 16.8. The lowest BCUT2D eigenvalue weighted by atomic mass is 9.97. The van der Waals surface area contributed by atoms with E-state index in [9.17, 15) is 4.79 Å². The average molecular weight is 344 g/mol. The first-order valence-corrected chi connectivity index (χ1v) is 10.1. The van der Waals surface area contributed by atoms with E-state index in [2.05, 4.69) is 21.6 Å². The molecule has 0 saturated heterocycles. The van der Waals surface area contributed by atoms with Gasteiger partial charge in [-0.25, -0.2) is 0 Å². The van der Waals surface area contributed by atoms with Gasteiger partial charge in [0.05, 0.1) is 5.25 Å². The van der Waals surface area contributed by atoms with E-state index in [1.54, 1.807) is 11.8 Å². The topological polar surface area (TPSA) is 54.9 Å². The SMILES string of the molecule is CSc1nnc(SC(C)C(=O)NCCC2=CCCCC2)s1. The van der Waals surface area contributed by atoms with Crippen LogP contribution in [0.2, 0.25) is 0 Å². The van der Waals surface area contributed by atoms with Crippen LogP contribution in [-0.4, -0.2) is 34.2 Å². The number of thioether (sulfide) groups is 2. The summed E-state index contributed by atoms with van der Waals surface area (Å²) < 4.78 is 1.80. The molecule has 0 aromatic carbocycles. The Hall–Kier alpha value is -0.530. The minimum atomic E-state index is -0.131. The Morgan fingerprint density at radius 3 is 2.90 bits per heavy atom. The Balaban J connectivity index is 1.70. The van der Waals surface area contributed by atoms with Gasteiger partial charge >= 0.3 is 0 Å². The zero-order valence-corrected chi connectivity index (χ0v) is 14.9. The summed E-state index contributed by atoms with van der Waals surface area (Å²) in [5.41, 5.74) is 1.50. The van der Waals surface area contributed by atoms with Gasteiger partial charge in [-0.3, -0.25) is 4.79 Å². The van der Waals surface area contributed by atoms with E-state index in [0.717, 1.165) is 21.6 Å². The molecule has 0 spiro atoms. The number of amides is 1. The van der Waals surface area contributed by atoms with Gasteiger partial charge in [-0.15, -0.1) is 10.2 Å². The summed E-state index contributed by atoms with van der Waals surface area (Å²) in [4.78, 5) is 12.1. The highest BCUT2D eigenvalue weighted by Gasteiger charge is 2.16. The van der Waals surface area contributed by atoms with Crippen molar-refractivity contribution in [2.75, 3.05) is 12.8 Å². The minimum absolute atomic E-state index is 0.0808. The fraction of sp³-hybridized carbons (Fsp3) is 0.643. The molecule has 1 amide bonds. The summed E-state index contributed by atoms with van der Waals surface area (Å²) in [6.45, 7) is 2.65. The Bertz CT molecular complexity index is 501. The third kappa shape index (κ3) is 5.64. The average Bonchev–Trinajstić information content (AvgIpc) is 2.96. The van der Waals surface area contributed by atoms with Crippen LogP contribution in [0.4, 0.5) is 0 Å². The smallest absolute Gasteiger partial charge is 0.233 e. The number of hydrogen-bond acceptors (Lipinski definition) is 6. The zero-order chi connectivity index (χ0) is 15.1. The largest absolute Gasteiger partial charge is 0.355 e. The van der Waals surface area contributed by atoms with E-state index in [-0.39, 0.29) is 11.2 Å². The highest BCUT2D eigenvalue weighted by atomic mass is 32.2. The second kappa shape index (κ2) is 8.80. The van der Waals surface area contributed by atoms with E-state index in [1.807, 2.05) is 13.2 Å². The maximum absolute atomic E-state index is 12.1. The molecule has 116 valence electrons. The van der Waals surface area contributed by atoms with Crippen molar-refractivity contribution in [3.63, 3.8) is 0 Å². The van der Waals surface area contributed by atoms with Crippen LogP contribution < -0.4 is 5.32 Å². The molecule has 1 heterocycles. The number of hydrogen-bond donors (Lipinski definition) is 1. The van der Waals surface area contributed by atoms with Crippen molar-refractivity contribution < 1.29 is 4.79 Å². The van der Waals surface area contributed by atoms with Gasteiger partial charge in [0, 0.05) is 6.54 Å². The monoisotopic (exact) mass is 343 g/mol. The van der Waals surface area contributed by atoms with Gasteiger partial charge in [0.15, 0.2) is 8.68 Å². The van der Waals surface area contributed by atoms with E-state index < -0.39 is 0 Å². The second-order valence-electron chi connectivity index (χ2n) is 4.95. The molecule has 0 aliphatic heterocycles. The molecular weight excluding hydrogens is 322 g/mol. The van der Waals surface area contributed by atoms with Gasteiger partial charge in [0.25, 0.3) is 0 Å². The first-order valence-electron chi connectivity index (χ1n) is 7.19. The fourth-order valence-corrected chi connectivity index (χ4v) is 4.76. The van der Waals surface area contributed by atoms with Crippen LogP contribution in [0, 0.1) is 0 Å². The minimum Gasteiger partial charge on any atom is -0.355 e. The van der Waals surface area contributed by atoms with Crippen molar-refractivity contribution in [1.82, 2.24) is 15.5 Å². The molecule has 1 N–H and O–H groups in total. The summed E-state index contributed by atoms with van der Waals surface area (Å²) in [7, 11) is 0. The van der Waals surface area contributed by atoms with Gasteiger partial charge in [0.1, 0.15) is 0 Å². The van der Waals surface area contributed by atoms with Gasteiger partial charge in [-0.2, -0.15) is 0 Å². The quantitative estimate of drug-likeness (QED) is 0.603. The Labute approximate surface area is 138 Å². The summed E-state index contributed by atoms with van der Waals surface area (Å²) in [6.07, 6.45) is 10.3. The normalized spacial score (nSPS) is 16.4. The van der Waals surface area contributed by atoms with Crippen molar-refractivity contribution in [3.8, 4) is 0 Å². The van der Waals surface area contributed by atoms with E-state index >= 15 is 0 Å². The number of carbonyl (C=O) groups excluding carboxylic acids is 1. The van der Waals surface area contributed by atoms with E-state index in [1.165, 1.54) is 54.4 Å². The Morgan fingerprint density at radius 1 is 1.43 bits per heavy atom. The van der Waals surface area contributed by atoms with Crippen molar-refractivity contribution >= 4 is 40.8 Å². The third-order valence-corrected chi connectivity index (χ3v) is 6.42. The molecule has 1 atom stereocenters. The van der Waals surface area contributed by atoms with Gasteiger partial charge in [-0.05, 0) is 45.3 Å². The molecule has 1 aliphatic rings. The zero-order valence-electron chi connectivity index (χ0n) is 12.4. The summed E-state index contributed by atoms with van der Waals surface area (Å²) in [6, 6.07) is 0. The number of nitrogens with one attached hydrogen (secondary N) is 1. The molecule has 2 rings (SSSR count). The highest BCUT2D eigenvalue weighted by molar-refractivity contribution is 8.03. The fourth-order valence-electron chi connectivity index (χ4n) is 2.15. The predicted octanol–water partition coefficient (Wildman–Crippen LogP) is 3.75. The second-order valence-corrected chi connectivity index (χ2v) is 8.57. The van der Waals surface area contributed by atoms with Gasteiger partial charge in [0.2, 0.25) is 5.91 Å². The standard InChI is InChI=1S/C14H21N3OS3/c1-10(20-14-17-16-13(19-2)21-14)12(18)15-9-8-11-6-4-3-5-7-11/h6,10H,3-5,7-9H2,1-2H3,(H,15,18). The Morgan fingerprint density at radius 2 is 2.24 bits per heavy atom. The number of rotatable bonds is 7. The van der Waals surface area contributed by atoms with Gasteiger partial charge < -0.3 is 5.32 Å². The lowest BCUT2D eigenvalue weighted by Gasteiger charge is -2.14. The van der Waals surface area contributed by atoms with Crippen LogP contribution in [-0.2, 0) is 4.79 Å². The number of nitrogens with zero attached hydrogens (tertiary/aromatic N) is 2. The molecule has 1 aromatic heterocycles. The molecule has 0 radical (unpaired) electrons. The van der Waals surface area contributed by atoms with Crippen molar-refractivity contribution in [3.05, 3.63) is 11.6 Å². The first-order chi connectivity index (χ1) is 10.2. The molecular formula is C14H21N3OS3. The molecule has 0 fully saturated rings. The molecule has 1 unspecified atom stereocenters. The highest BCUT2D eigenvalue weighted by Crippen LogP contribution is 2.30. The Kier molecular flexibility index (Phi) is 7.06.